The van der Waals surface area contributed by atoms with Gasteiger partial charge in [-0.2, -0.15) is 0 Å². The first-order chi connectivity index (χ1) is 9.02. The molecule has 5 heteroatoms. The van der Waals surface area contributed by atoms with Crippen LogP contribution in [0.3, 0.4) is 0 Å². The van der Waals surface area contributed by atoms with Gasteiger partial charge in [-0.05, 0) is 44.7 Å². The maximum atomic E-state index is 12.7. The van der Waals surface area contributed by atoms with Crippen LogP contribution in [-0.4, -0.2) is 28.9 Å². The summed E-state index contributed by atoms with van der Waals surface area (Å²) in [5.41, 5.74) is 0.746. The predicted molar refractivity (Wildman–Crippen MR) is 70.6 cm³/mol. The molecule has 1 aromatic rings. The number of anilines is 1. The third-order valence-electron chi connectivity index (χ3n) is 4.05. The molecule has 19 heavy (non-hydrogen) atoms. The first kappa shape index (κ1) is 12.1. The summed E-state index contributed by atoms with van der Waals surface area (Å²) >= 11 is 0. The highest BCUT2D eigenvalue weighted by Crippen LogP contribution is 2.42. The average molecular weight is 259 g/mol. The summed E-state index contributed by atoms with van der Waals surface area (Å²) in [5.74, 6) is 0.145. The van der Waals surface area contributed by atoms with E-state index in [2.05, 4.69) is 10.3 Å². The van der Waals surface area contributed by atoms with Gasteiger partial charge in [0.1, 0.15) is 12.1 Å². The molecule has 1 aromatic heterocycles. The lowest BCUT2D eigenvalue weighted by Crippen LogP contribution is -2.66. The van der Waals surface area contributed by atoms with Crippen LogP contribution in [0.1, 0.15) is 25.5 Å². The van der Waals surface area contributed by atoms with Gasteiger partial charge in [0, 0.05) is 6.20 Å². The summed E-state index contributed by atoms with van der Waals surface area (Å²) in [6.45, 7) is 3.76. The van der Waals surface area contributed by atoms with Crippen molar-refractivity contribution in [3.63, 3.8) is 0 Å². The van der Waals surface area contributed by atoms with Gasteiger partial charge in [0.05, 0.1) is 11.4 Å². The van der Waals surface area contributed by atoms with Gasteiger partial charge in [-0.3, -0.25) is 19.5 Å². The smallest absolute Gasteiger partial charge is 0.253 e. The molecule has 0 radical (unpaired) electrons. The van der Waals surface area contributed by atoms with Crippen LogP contribution in [0.15, 0.2) is 18.3 Å². The zero-order valence-corrected chi connectivity index (χ0v) is 11.1. The number of aryl methyl sites for hydroxylation is 1. The van der Waals surface area contributed by atoms with E-state index in [-0.39, 0.29) is 24.3 Å². The van der Waals surface area contributed by atoms with Gasteiger partial charge in [-0.25, -0.2) is 0 Å². The van der Waals surface area contributed by atoms with Crippen molar-refractivity contribution >= 4 is 17.5 Å². The van der Waals surface area contributed by atoms with E-state index in [1.807, 2.05) is 19.9 Å². The summed E-state index contributed by atoms with van der Waals surface area (Å²) in [7, 11) is 0. The number of carbonyl (C=O) groups excluding carboxylic acids is 2. The van der Waals surface area contributed by atoms with Crippen molar-refractivity contribution < 1.29 is 9.59 Å². The Morgan fingerprint density at radius 3 is 2.79 bits per heavy atom. The maximum Gasteiger partial charge on any atom is 0.253 e. The van der Waals surface area contributed by atoms with Crippen molar-refractivity contribution in [2.24, 2.45) is 5.92 Å². The number of pyridine rings is 1. The molecule has 5 nitrogen and oxygen atoms in total. The van der Waals surface area contributed by atoms with Crippen molar-refractivity contribution in [1.82, 2.24) is 10.3 Å². The van der Waals surface area contributed by atoms with Crippen LogP contribution in [0.5, 0.6) is 0 Å². The number of nitrogens with zero attached hydrogens (tertiary/aromatic N) is 2. The van der Waals surface area contributed by atoms with E-state index < -0.39 is 5.54 Å². The summed E-state index contributed by atoms with van der Waals surface area (Å²) in [6.07, 6.45) is 3.69. The minimum Gasteiger partial charge on any atom is -0.340 e. The van der Waals surface area contributed by atoms with Crippen molar-refractivity contribution in [3.05, 3.63) is 24.0 Å². The highest BCUT2D eigenvalue weighted by molar-refractivity contribution is 6.09. The molecule has 1 unspecified atom stereocenters. The van der Waals surface area contributed by atoms with Crippen LogP contribution in [0.25, 0.3) is 0 Å². The molecular weight excluding hydrogens is 242 g/mol. The van der Waals surface area contributed by atoms with Crippen molar-refractivity contribution in [2.75, 3.05) is 11.4 Å². The minimum absolute atomic E-state index is 0.0225. The van der Waals surface area contributed by atoms with Crippen LogP contribution in [0.2, 0.25) is 0 Å². The second kappa shape index (κ2) is 4.05. The summed E-state index contributed by atoms with van der Waals surface area (Å²) in [4.78, 5) is 30.4. The zero-order valence-electron chi connectivity index (χ0n) is 11.1. The average Bonchev–Trinajstić information content (AvgIpc) is 3.19. The quantitative estimate of drug-likeness (QED) is 0.862. The third-order valence-corrected chi connectivity index (χ3v) is 4.05. The lowest BCUT2D eigenvalue weighted by Gasteiger charge is -2.40. The maximum absolute atomic E-state index is 12.7. The number of amides is 2. The monoisotopic (exact) mass is 259 g/mol. The Kier molecular flexibility index (Phi) is 2.59. The van der Waals surface area contributed by atoms with Gasteiger partial charge in [-0.1, -0.05) is 0 Å². The first-order valence-electron chi connectivity index (χ1n) is 6.57. The van der Waals surface area contributed by atoms with Gasteiger partial charge < -0.3 is 5.32 Å². The van der Waals surface area contributed by atoms with Gasteiger partial charge in [0.25, 0.3) is 5.91 Å². The minimum atomic E-state index is -0.752. The third kappa shape index (κ3) is 1.89. The second-order valence-electron chi connectivity index (χ2n) is 5.52. The topological polar surface area (TPSA) is 62.3 Å². The summed E-state index contributed by atoms with van der Waals surface area (Å²) in [6, 6.07) is 3.63. The highest BCUT2D eigenvalue weighted by atomic mass is 16.2. The first-order valence-corrected chi connectivity index (χ1v) is 6.57. The van der Waals surface area contributed by atoms with E-state index >= 15 is 0 Å². The molecule has 1 saturated carbocycles. The van der Waals surface area contributed by atoms with Crippen LogP contribution >= 0.6 is 0 Å². The molecule has 2 amide bonds. The largest absolute Gasteiger partial charge is 0.340 e. The Morgan fingerprint density at radius 1 is 1.42 bits per heavy atom. The molecule has 100 valence electrons. The second-order valence-corrected chi connectivity index (χ2v) is 5.52. The summed E-state index contributed by atoms with van der Waals surface area (Å²) < 4.78 is 0. The molecule has 1 aliphatic heterocycles. The van der Waals surface area contributed by atoms with Crippen LogP contribution in [-0.2, 0) is 9.59 Å². The summed E-state index contributed by atoms with van der Waals surface area (Å²) in [5, 5.41) is 2.87. The van der Waals surface area contributed by atoms with Gasteiger partial charge in [0.2, 0.25) is 5.91 Å². The molecule has 1 saturated heterocycles. The molecule has 3 rings (SSSR count). The lowest BCUT2D eigenvalue weighted by molar-refractivity contribution is -0.136. The van der Waals surface area contributed by atoms with Crippen LogP contribution < -0.4 is 10.2 Å². The number of hydrogen-bond acceptors (Lipinski definition) is 3. The van der Waals surface area contributed by atoms with Crippen LogP contribution in [0.4, 0.5) is 5.69 Å². The number of hydrogen-bond donors (Lipinski definition) is 1. The molecule has 1 atom stereocenters. The van der Waals surface area contributed by atoms with Crippen molar-refractivity contribution in [1.29, 1.82) is 0 Å². The van der Waals surface area contributed by atoms with Crippen molar-refractivity contribution in [2.45, 2.75) is 32.2 Å². The number of aromatic nitrogens is 1. The standard InChI is InChI=1S/C14H17N3O2/c1-9-11(4-3-7-15-9)17-8-12(18)16-14(2,13(17)19)10-5-6-10/h3-4,7,10H,5-6,8H2,1-2H3,(H,16,18). The molecule has 0 bridgehead atoms. The fourth-order valence-electron chi connectivity index (χ4n) is 2.77. The van der Waals surface area contributed by atoms with Crippen molar-refractivity contribution in [3.8, 4) is 0 Å². The number of carbonyl (C=O) groups is 2. The van der Waals surface area contributed by atoms with E-state index in [0.29, 0.717) is 0 Å². The SMILES string of the molecule is Cc1ncccc1N1CC(=O)NC(C)(C2CC2)C1=O. The number of piperazine rings is 1. The molecule has 2 heterocycles. The van der Waals surface area contributed by atoms with Gasteiger partial charge >= 0.3 is 0 Å². The fraction of sp³-hybridized carbons (Fsp3) is 0.500. The molecule has 0 aromatic carbocycles. The Labute approximate surface area is 112 Å². The Bertz CT molecular complexity index is 553. The Balaban J connectivity index is 1.99. The van der Waals surface area contributed by atoms with E-state index in [9.17, 15) is 9.59 Å². The van der Waals surface area contributed by atoms with E-state index in [1.54, 1.807) is 17.2 Å². The molecule has 0 spiro atoms. The van der Waals surface area contributed by atoms with E-state index in [1.165, 1.54) is 0 Å². The molecule has 2 aliphatic rings. The highest BCUT2D eigenvalue weighted by Gasteiger charge is 2.53. The Morgan fingerprint density at radius 2 is 2.16 bits per heavy atom. The van der Waals surface area contributed by atoms with E-state index in [0.717, 1.165) is 24.2 Å². The molecule has 1 aliphatic carbocycles. The Hall–Kier alpha value is -1.91. The van der Waals surface area contributed by atoms with Gasteiger partial charge in [-0.15, -0.1) is 0 Å². The number of nitrogens with one attached hydrogen (secondary N) is 1. The molecule has 2 fully saturated rings. The molecular formula is C14H17N3O2. The molecule has 1 N–H and O–H groups in total. The number of rotatable bonds is 2. The predicted octanol–water partition coefficient (Wildman–Crippen LogP) is 1.02. The van der Waals surface area contributed by atoms with Crippen LogP contribution in [0, 0.1) is 12.8 Å². The normalized spacial score (nSPS) is 27.4. The fourth-order valence-corrected chi connectivity index (χ4v) is 2.77. The van der Waals surface area contributed by atoms with Gasteiger partial charge in [0.15, 0.2) is 0 Å². The van der Waals surface area contributed by atoms with E-state index in [4.69, 9.17) is 0 Å². The lowest BCUT2D eigenvalue weighted by atomic mass is 9.91. The zero-order chi connectivity index (χ0) is 13.6.